The van der Waals surface area contributed by atoms with Gasteiger partial charge in [0.2, 0.25) is 0 Å². The van der Waals surface area contributed by atoms with E-state index in [1.165, 1.54) is 24.3 Å². The molecule has 2 atom stereocenters. The average Bonchev–Trinajstić information content (AvgIpc) is 3.09. The number of aliphatic hydroxyl groups excluding tert-OH is 1. The summed E-state index contributed by atoms with van der Waals surface area (Å²) in [7, 11) is 3.62. The Morgan fingerprint density at radius 3 is 2.86 bits per heavy atom. The van der Waals surface area contributed by atoms with Gasteiger partial charge in [0.1, 0.15) is 11.5 Å². The lowest BCUT2D eigenvalue weighted by molar-refractivity contribution is 0.0773. The number of ether oxygens (including phenoxy) is 1. The predicted octanol–water partition coefficient (Wildman–Crippen LogP) is 0.926. The number of halogens is 1. The first-order valence-corrected chi connectivity index (χ1v) is 9.33. The lowest BCUT2D eigenvalue weighted by Crippen LogP contribution is -2.34. The maximum Gasteiger partial charge on any atom is 0.270 e. The van der Waals surface area contributed by atoms with Crippen LogP contribution in [0.1, 0.15) is 10.5 Å². The predicted molar refractivity (Wildman–Crippen MR) is 104 cm³/mol. The van der Waals surface area contributed by atoms with E-state index in [9.17, 15) is 19.1 Å². The second-order valence-electron chi connectivity index (χ2n) is 7.38. The van der Waals surface area contributed by atoms with Gasteiger partial charge in [-0.15, -0.1) is 0 Å². The van der Waals surface area contributed by atoms with Crippen LogP contribution in [-0.2, 0) is 4.74 Å². The number of aromatic nitrogens is 1. The standard InChI is InChI=1S/C20H26FN3O4/c1-23(6-7-28-2)9-13-10-24(11-14(13)12-25)20(27)17-8-18(26)15-4-3-5-16(21)19(15)22-17/h3-5,8,13-14,25H,6-7,9-12H2,1-2H3,(H,22,26)/t13-,14-/m1/s1. The fraction of sp³-hybridized carbons (Fsp3) is 0.500. The van der Waals surface area contributed by atoms with E-state index in [4.69, 9.17) is 4.74 Å². The number of aliphatic hydroxyl groups is 1. The minimum absolute atomic E-state index is 0.0184. The molecule has 2 heterocycles. The van der Waals surface area contributed by atoms with Crippen LogP contribution >= 0.6 is 0 Å². The minimum Gasteiger partial charge on any atom is -0.396 e. The van der Waals surface area contributed by atoms with E-state index >= 15 is 0 Å². The molecule has 0 aliphatic carbocycles. The van der Waals surface area contributed by atoms with E-state index in [-0.39, 0.29) is 40.9 Å². The van der Waals surface area contributed by atoms with Crippen LogP contribution in [0.15, 0.2) is 29.1 Å². The number of aromatic amines is 1. The Kier molecular flexibility index (Phi) is 6.43. The summed E-state index contributed by atoms with van der Waals surface area (Å²) in [5.74, 6) is -0.864. The number of methoxy groups -OCH3 is 1. The third-order valence-electron chi connectivity index (χ3n) is 5.37. The van der Waals surface area contributed by atoms with Crippen molar-refractivity contribution in [2.24, 2.45) is 11.8 Å². The molecule has 0 spiro atoms. The normalized spacial score (nSPS) is 19.7. The molecule has 1 amide bonds. The summed E-state index contributed by atoms with van der Waals surface area (Å²) in [6, 6.07) is 5.45. The van der Waals surface area contributed by atoms with Gasteiger partial charge in [-0.2, -0.15) is 0 Å². The Morgan fingerprint density at radius 1 is 1.39 bits per heavy atom. The van der Waals surface area contributed by atoms with E-state index in [2.05, 4.69) is 9.88 Å². The lowest BCUT2D eigenvalue weighted by Gasteiger charge is -2.23. The van der Waals surface area contributed by atoms with Gasteiger partial charge in [-0.1, -0.05) is 6.07 Å². The number of para-hydroxylation sites is 1. The number of likely N-dealkylation sites (tertiary alicyclic amines) is 1. The Labute approximate surface area is 162 Å². The molecule has 8 heteroatoms. The Hall–Kier alpha value is -2.29. The van der Waals surface area contributed by atoms with E-state index in [1.54, 1.807) is 12.0 Å². The molecule has 1 aliphatic heterocycles. The zero-order valence-electron chi connectivity index (χ0n) is 16.2. The number of nitrogens with one attached hydrogen (secondary N) is 1. The molecule has 152 valence electrons. The third kappa shape index (κ3) is 4.24. The first-order valence-electron chi connectivity index (χ1n) is 9.33. The number of benzene rings is 1. The van der Waals surface area contributed by atoms with Crippen LogP contribution in [0.25, 0.3) is 10.9 Å². The lowest BCUT2D eigenvalue weighted by atomic mass is 9.96. The van der Waals surface area contributed by atoms with Crippen molar-refractivity contribution < 1.29 is 19.0 Å². The van der Waals surface area contributed by atoms with E-state index in [1.807, 2.05) is 7.05 Å². The molecule has 7 nitrogen and oxygen atoms in total. The number of H-pyrrole nitrogens is 1. The van der Waals surface area contributed by atoms with Crippen molar-refractivity contribution in [1.82, 2.24) is 14.8 Å². The van der Waals surface area contributed by atoms with Crippen LogP contribution in [0.3, 0.4) is 0 Å². The van der Waals surface area contributed by atoms with Crippen molar-refractivity contribution in [3.8, 4) is 0 Å². The second kappa shape index (κ2) is 8.81. The fourth-order valence-electron chi connectivity index (χ4n) is 3.78. The van der Waals surface area contributed by atoms with Gasteiger partial charge < -0.3 is 24.6 Å². The molecule has 1 aromatic heterocycles. The van der Waals surface area contributed by atoms with Crippen molar-refractivity contribution in [1.29, 1.82) is 0 Å². The van der Waals surface area contributed by atoms with Crippen molar-refractivity contribution in [3.05, 3.63) is 46.0 Å². The third-order valence-corrected chi connectivity index (χ3v) is 5.37. The molecule has 1 aliphatic rings. The van der Waals surface area contributed by atoms with Gasteiger partial charge in [-0.05, 0) is 25.1 Å². The molecule has 1 aromatic carbocycles. The zero-order chi connectivity index (χ0) is 20.3. The van der Waals surface area contributed by atoms with Gasteiger partial charge in [-0.25, -0.2) is 4.39 Å². The summed E-state index contributed by atoms with van der Waals surface area (Å²) in [4.78, 5) is 31.7. The van der Waals surface area contributed by atoms with Crippen LogP contribution in [0.5, 0.6) is 0 Å². The highest BCUT2D eigenvalue weighted by atomic mass is 19.1. The summed E-state index contributed by atoms with van der Waals surface area (Å²) < 4.78 is 19.2. The average molecular weight is 391 g/mol. The van der Waals surface area contributed by atoms with Gasteiger partial charge in [0.05, 0.1) is 12.1 Å². The summed E-state index contributed by atoms with van der Waals surface area (Å²) in [5.41, 5.74) is -0.301. The molecule has 0 saturated carbocycles. The molecule has 1 saturated heterocycles. The molecule has 0 radical (unpaired) electrons. The molecular formula is C20H26FN3O4. The molecule has 0 unspecified atom stereocenters. The largest absolute Gasteiger partial charge is 0.396 e. The monoisotopic (exact) mass is 391 g/mol. The minimum atomic E-state index is -0.573. The van der Waals surface area contributed by atoms with Crippen molar-refractivity contribution in [2.45, 2.75) is 0 Å². The van der Waals surface area contributed by atoms with E-state index < -0.39 is 11.2 Å². The van der Waals surface area contributed by atoms with Crippen LogP contribution < -0.4 is 5.43 Å². The van der Waals surface area contributed by atoms with E-state index in [0.717, 1.165) is 13.1 Å². The number of carbonyl (C=O) groups is 1. The van der Waals surface area contributed by atoms with Gasteiger partial charge >= 0.3 is 0 Å². The van der Waals surface area contributed by atoms with Crippen LogP contribution in [0.4, 0.5) is 4.39 Å². The SMILES string of the molecule is COCCN(C)C[C@@H]1CN(C(=O)c2cc(=O)c3cccc(F)c3[nH]2)C[C@@H]1CO. The second-order valence-corrected chi connectivity index (χ2v) is 7.38. The Morgan fingerprint density at radius 2 is 2.14 bits per heavy atom. The number of nitrogens with zero attached hydrogens (tertiary/aromatic N) is 2. The van der Waals surface area contributed by atoms with Gasteiger partial charge in [0, 0.05) is 57.3 Å². The smallest absolute Gasteiger partial charge is 0.270 e. The summed E-state index contributed by atoms with van der Waals surface area (Å²) in [6.07, 6.45) is 0. The number of hydrogen-bond donors (Lipinski definition) is 2. The molecule has 0 bridgehead atoms. The first kappa shape index (κ1) is 20.4. The molecule has 2 aromatic rings. The molecule has 3 rings (SSSR count). The number of rotatable bonds is 7. The topological polar surface area (TPSA) is 85.9 Å². The summed E-state index contributed by atoms with van der Waals surface area (Å²) >= 11 is 0. The molecule has 2 N–H and O–H groups in total. The number of fused-ring (bicyclic) bond motifs is 1. The maximum atomic E-state index is 14.1. The molecule has 28 heavy (non-hydrogen) atoms. The number of carbonyl (C=O) groups excluding carboxylic acids is 1. The molecule has 1 fully saturated rings. The van der Waals surface area contributed by atoms with Crippen LogP contribution in [0.2, 0.25) is 0 Å². The Balaban J connectivity index is 1.78. The number of likely N-dealkylation sites (N-methyl/N-ethyl adjacent to an activating group) is 1. The summed E-state index contributed by atoms with van der Waals surface area (Å²) in [6.45, 7) is 2.95. The quantitative estimate of drug-likeness (QED) is 0.733. The highest BCUT2D eigenvalue weighted by Gasteiger charge is 2.36. The molecular weight excluding hydrogens is 365 g/mol. The fourth-order valence-corrected chi connectivity index (χ4v) is 3.78. The number of amides is 1. The zero-order valence-corrected chi connectivity index (χ0v) is 16.2. The highest BCUT2D eigenvalue weighted by molar-refractivity contribution is 5.95. The van der Waals surface area contributed by atoms with Crippen LogP contribution in [-0.4, -0.2) is 79.3 Å². The van der Waals surface area contributed by atoms with E-state index in [0.29, 0.717) is 19.7 Å². The summed E-state index contributed by atoms with van der Waals surface area (Å²) in [5, 5.41) is 9.94. The van der Waals surface area contributed by atoms with Crippen molar-refractivity contribution in [2.75, 3.05) is 53.6 Å². The maximum absolute atomic E-state index is 14.1. The highest BCUT2D eigenvalue weighted by Crippen LogP contribution is 2.25. The number of pyridine rings is 1. The first-order chi connectivity index (χ1) is 13.4. The van der Waals surface area contributed by atoms with Crippen molar-refractivity contribution >= 4 is 16.8 Å². The van der Waals surface area contributed by atoms with Gasteiger partial charge in [0.15, 0.2) is 5.43 Å². The van der Waals surface area contributed by atoms with Gasteiger partial charge in [0.25, 0.3) is 5.91 Å². The van der Waals surface area contributed by atoms with Crippen LogP contribution in [0, 0.1) is 17.7 Å². The number of hydrogen-bond acceptors (Lipinski definition) is 5. The van der Waals surface area contributed by atoms with Crippen molar-refractivity contribution in [3.63, 3.8) is 0 Å². The van der Waals surface area contributed by atoms with Gasteiger partial charge in [-0.3, -0.25) is 9.59 Å². The Bertz CT molecular complexity index is 901.